The number of furan rings is 1. The van der Waals surface area contributed by atoms with Crippen LogP contribution >= 0.6 is 0 Å². The Morgan fingerprint density at radius 1 is 1.04 bits per heavy atom. The van der Waals surface area contributed by atoms with Gasteiger partial charge in [-0.1, -0.05) is 0 Å². The third kappa shape index (κ3) is 3.38. The standard InChI is InChI=1S/C21H16F2N2O3/c22-16-11-14-3-1-9-25(18(14)12-17(16)23)21(27)13-5-7-15(8-6-13)24-20(26)19-4-2-10-28-19/h2,4-8,10-12H,1,3,9H2,(H,24,26). The van der Waals surface area contributed by atoms with E-state index in [1.54, 1.807) is 36.4 Å². The molecule has 0 fully saturated rings. The quantitative estimate of drug-likeness (QED) is 0.730. The second-order valence-electron chi connectivity index (χ2n) is 6.46. The number of amides is 2. The number of anilines is 2. The first kappa shape index (κ1) is 17.9. The van der Waals surface area contributed by atoms with Gasteiger partial charge in [-0.2, -0.15) is 0 Å². The molecule has 2 heterocycles. The van der Waals surface area contributed by atoms with E-state index in [0.717, 1.165) is 12.1 Å². The Balaban J connectivity index is 1.53. The Hall–Kier alpha value is -3.48. The molecule has 0 aliphatic carbocycles. The lowest BCUT2D eigenvalue weighted by atomic mass is 10.00. The normalized spacial score (nSPS) is 13.1. The minimum absolute atomic E-state index is 0.180. The van der Waals surface area contributed by atoms with Crippen molar-refractivity contribution in [1.29, 1.82) is 0 Å². The van der Waals surface area contributed by atoms with Gasteiger partial charge >= 0.3 is 0 Å². The zero-order valence-electron chi connectivity index (χ0n) is 14.7. The van der Waals surface area contributed by atoms with Crippen molar-refractivity contribution in [2.24, 2.45) is 0 Å². The summed E-state index contributed by atoms with van der Waals surface area (Å²) in [4.78, 5) is 26.3. The fourth-order valence-electron chi connectivity index (χ4n) is 3.24. The number of fused-ring (bicyclic) bond motifs is 1. The Morgan fingerprint density at radius 3 is 2.50 bits per heavy atom. The predicted octanol–water partition coefficient (Wildman–Crippen LogP) is 4.40. The highest BCUT2D eigenvalue weighted by Gasteiger charge is 2.25. The summed E-state index contributed by atoms with van der Waals surface area (Å²) in [5.74, 6) is -2.42. The lowest BCUT2D eigenvalue weighted by Crippen LogP contribution is -2.35. The molecule has 0 spiro atoms. The molecule has 1 aliphatic heterocycles. The molecule has 7 heteroatoms. The van der Waals surface area contributed by atoms with Gasteiger partial charge in [0.05, 0.1) is 12.0 Å². The van der Waals surface area contributed by atoms with Crippen LogP contribution in [0, 0.1) is 11.6 Å². The third-order valence-electron chi connectivity index (χ3n) is 4.62. The molecular formula is C21H16F2N2O3. The topological polar surface area (TPSA) is 62.6 Å². The van der Waals surface area contributed by atoms with Gasteiger partial charge in [0.25, 0.3) is 11.8 Å². The number of carbonyl (C=O) groups excluding carboxylic acids is 2. The summed E-state index contributed by atoms with van der Waals surface area (Å²) in [7, 11) is 0. The van der Waals surface area contributed by atoms with Crippen LogP contribution in [0.2, 0.25) is 0 Å². The SMILES string of the molecule is O=C(Nc1ccc(C(=O)N2CCCc3cc(F)c(F)cc32)cc1)c1ccco1. The van der Waals surface area contributed by atoms with Crippen molar-refractivity contribution in [3.63, 3.8) is 0 Å². The van der Waals surface area contributed by atoms with Gasteiger partial charge < -0.3 is 14.6 Å². The predicted molar refractivity (Wildman–Crippen MR) is 99.5 cm³/mol. The van der Waals surface area contributed by atoms with E-state index in [-0.39, 0.29) is 11.7 Å². The first-order valence-electron chi connectivity index (χ1n) is 8.77. The monoisotopic (exact) mass is 382 g/mol. The van der Waals surface area contributed by atoms with Crippen LogP contribution in [0.1, 0.15) is 32.9 Å². The van der Waals surface area contributed by atoms with Crippen LogP contribution in [0.3, 0.4) is 0 Å². The molecule has 0 unspecified atom stereocenters. The van der Waals surface area contributed by atoms with Gasteiger partial charge in [-0.25, -0.2) is 8.78 Å². The van der Waals surface area contributed by atoms with Crippen LogP contribution in [0.4, 0.5) is 20.2 Å². The Labute approximate surface area is 159 Å². The smallest absolute Gasteiger partial charge is 0.291 e. The van der Waals surface area contributed by atoms with Gasteiger partial charge in [-0.15, -0.1) is 0 Å². The molecule has 0 bridgehead atoms. The van der Waals surface area contributed by atoms with Crippen LogP contribution in [0.15, 0.2) is 59.2 Å². The van der Waals surface area contributed by atoms with E-state index in [1.807, 2.05) is 0 Å². The zero-order valence-corrected chi connectivity index (χ0v) is 14.7. The summed E-state index contributed by atoms with van der Waals surface area (Å²) in [6.07, 6.45) is 2.66. The molecule has 2 aromatic carbocycles. The fraction of sp³-hybridized carbons (Fsp3) is 0.143. The van der Waals surface area contributed by atoms with Crippen molar-refractivity contribution in [3.8, 4) is 0 Å². The molecule has 3 aromatic rings. The van der Waals surface area contributed by atoms with Gasteiger partial charge in [-0.3, -0.25) is 9.59 Å². The molecule has 0 saturated heterocycles. The second-order valence-corrected chi connectivity index (χ2v) is 6.46. The number of rotatable bonds is 3. The Morgan fingerprint density at radius 2 is 1.79 bits per heavy atom. The van der Waals surface area contributed by atoms with Crippen LogP contribution in [0.25, 0.3) is 0 Å². The maximum Gasteiger partial charge on any atom is 0.291 e. The summed E-state index contributed by atoms with van der Waals surface area (Å²) in [6.45, 7) is 0.424. The molecular weight excluding hydrogens is 366 g/mol. The average molecular weight is 382 g/mol. The first-order valence-corrected chi connectivity index (χ1v) is 8.77. The Kier molecular flexibility index (Phi) is 4.65. The second kappa shape index (κ2) is 7.26. The lowest BCUT2D eigenvalue weighted by Gasteiger charge is -2.29. The highest BCUT2D eigenvalue weighted by atomic mass is 19.2. The number of hydrogen-bond donors (Lipinski definition) is 1. The Bertz CT molecular complexity index is 1030. The van der Waals surface area contributed by atoms with Gasteiger partial charge in [0.2, 0.25) is 0 Å². The molecule has 5 nitrogen and oxygen atoms in total. The minimum atomic E-state index is -0.977. The molecule has 28 heavy (non-hydrogen) atoms. The van der Waals surface area contributed by atoms with Crippen molar-refractivity contribution in [2.75, 3.05) is 16.8 Å². The average Bonchev–Trinajstić information content (AvgIpc) is 3.23. The number of nitrogens with one attached hydrogen (secondary N) is 1. The van der Waals surface area contributed by atoms with E-state index in [1.165, 1.54) is 11.2 Å². The van der Waals surface area contributed by atoms with Crippen molar-refractivity contribution in [3.05, 3.63) is 83.3 Å². The maximum absolute atomic E-state index is 13.7. The molecule has 1 aromatic heterocycles. The van der Waals surface area contributed by atoms with Crippen LogP contribution in [-0.4, -0.2) is 18.4 Å². The summed E-state index contributed by atoms with van der Waals surface area (Å²) < 4.78 is 32.2. The highest BCUT2D eigenvalue weighted by molar-refractivity contribution is 6.07. The first-order chi connectivity index (χ1) is 13.5. The van der Waals surface area contributed by atoms with E-state index in [0.29, 0.717) is 41.9 Å². The molecule has 0 atom stereocenters. The lowest BCUT2D eigenvalue weighted by molar-refractivity contribution is 0.0982. The van der Waals surface area contributed by atoms with E-state index in [9.17, 15) is 18.4 Å². The van der Waals surface area contributed by atoms with E-state index in [2.05, 4.69) is 5.32 Å². The number of aryl methyl sites for hydroxylation is 1. The van der Waals surface area contributed by atoms with Crippen LogP contribution in [-0.2, 0) is 6.42 Å². The van der Waals surface area contributed by atoms with Crippen molar-refractivity contribution in [1.82, 2.24) is 0 Å². The molecule has 4 rings (SSSR count). The maximum atomic E-state index is 13.7. The van der Waals surface area contributed by atoms with E-state index in [4.69, 9.17) is 4.42 Å². The summed E-state index contributed by atoms with van der Waals surface area (Å²) >= 11 is 0. The highest BCUT2D eigenvalue weighted by Crippen LogP contribution is 2.30. The molecule has 1 aliphatic rings. The largest absolute Gasteiger partial charge is 0.459 e. The van der Waals surface area contributed by atoms with Crippen molar-refractivity contribution in [2.45, 2.75) is 12.8 Å². The van der Waals surface area contributed by atoms with Gasteiger partial charge in [0.1, 0.15) is 0 Å². The number of hydrogen-bond acceptors (Lipinski definition) is 3. The van der Waals surface area contributed by atoms with E-state index < -0.39 is 17.5 Å². The van der Waals surface area contributed by atoms with E-state index >= 15 is 0 Å². The van der Waals surface area contributed by atoms with Crippen LogP contribution < -0.4 is 10.2 Å². The zero-order chi connectivity index (χ0) is 19.7. The van der Waals surface area contributed by atoms with Crippen molar-refractivity contribution < 1.29 is 22.8 Å². The number of carbonyl (C=O) groups is 2. The molecule has 0 radical (unpaired) electrons. The summed E-state index contributed by atoms with van der Waals surface area (Å²) in [5, 5.41) is 2.67. The molecule has 0 saturated carbocycles. The van der Waals surface area contributed by atoms with Crippen molar-refractivity contribution >= 4 is 23.2 Å². The van der Waals surface area contributed by atoms with Gasteiger partial charge in [-0.05, 0) is 60.9 Å². The molecule has 2 amide bonds. The van der Waals surface area contributed by atoms with Crippen LogP contribution in [0.5, 0.6) is 0 Å². The number of benzene rings is 2. The number of nitrogens with zero attached hydrogens (tertiary/aromatic N) is 1. The minimum Gasteiger partial charge on any atom is -0.459 e. The third-order valence-corrected chi connectivity index (χ3v) is 4.62. The summed E-state index contributed by atoms with van der Waals surface area (Å²) in [6, 6.07) is 11.7. The summed E-state index contributed by atoms with van der Waals surface area (Å²) in [5.41, 5.74) is 1.89. The van der Waals surface area contributed by atoms with Gasteiger partial charge in [0, 0.05) is 23.9 Å². The molecule has 142 valence electrons. The number of halogens is 2. The van der Waals surface area contributed by atoms with Gasteiger partial charge in [0.15, 0.2) is 17.4 Å². The molecule has 1 N–H and O–H groups in total. The fourth-order valence-corrected chi connectivity index (χ4v) is 3.24.